The molecule has 1 heterocycles. The van der Waals surface area contributed by atoms with Gasteiger partial charge in [-0.15, -0.1) is 0 Å². The summed E-state index contributed by atoms with van der Waals surface area (Å²) in [6.45, 7) is 1.17. The quantitative estimate of drug-likeness (QED) is 0.648. The van der Waals surface area contributed by atoms with Crippen LogP contribution in [0.1, 0.15) is 16.1 Å². The van der Waals surface area contributed by atoms with Crippen LogP contribution in [0.2, 0.25) is 0 Å². The van der Waals surface area contributed by atoms with Crippen LogP contribution in [0.4, 0.5) is 19.5 Å². The van der Waals surface area contributed by atoms with Crippen molar-refractivity contribution in [3.8, 4) is 0 Å². The highest BCUT2D eigenvalue weighted by Gasteiger charge is 2.21. The summed E-state index contributed by atoms with van der Waals surface area (Å²) >= 11 is 0. The monoisotopic (exact) mass is 354 g/mol. The number of benzene rings is 1. The smallest absolute Gasteiger partial charge is 0.434 e. The molecular weight excluding hydrogens is 342 g/mol. The Bertz CT molecular complexity index is 816. The lowest BCUT2D eigenvalue weighted by molar-refractivity contribution is -0.396. The summed E-state index contributed by atoms with van der Waals surface area (Å²) < 4.78 is 32.7. The predicted octanol–water partition coefficient (Wildman–Crippen LogP) is 1.94. The van der Waals surface area contributed by atoms with E-state index >= 15 is 0 Å². The molecule has 0 atom stereocenters. The van der Waals surface area contributed by atoms with Crippen LogP contribution in [0, 0.1) is 28.7 Å². The van der Waals surface area contributed by atoms with Gasteiger partial charge in [0.05, 0.1) is 0 Å². The summed E-state index contributed by atoms with van der Waals surface area (Å²) in [5, 5.41) is 12.5. The first kappa shape index (κ1) is 18.0. The Kier molecular flexibility index (Phi) is 5.37. The second kappa shape index (κ2) is 7.47. The second-order valence-electron chi connectivity index (χ2n) is 4.80. The average molecular weight is 354 g/mol. The molecule has 25 heavy (non-hydrogen) atoms. The van der Waals surface area contributed by atoms with Gasteiger partial charge < -0.3 is 14.9 Å². The number of alkyl carbamates (subject to hydrolysis) is 1. The number of halogens is 2. The van der Waals surface area contributed by atoms with Crippen LogP contribution in [0.3, 0.4) is 0 Å². The van der Waals surface area contributed by atoms with Gasteiger partial charge in [-0.1, -0.05) is 11.1 Å². The predicted molar refractivity (Wildman–Crippen MR) is 78.8 cm³/mol. The first-order valence-corrected chi connectivity index (χ1v) is 6.90. The van der Waals surface area contributed by atoms with E-state index < -0.39 is 40.1 Å². The molecule has 0 unspecified atom stereocenters. The standard InChI is InChI=1S/C14H12F2N4O5/c1-8-7-17-13(20(23)24)19(8)5-6-25-14(22)18-12(21)11-9(15)3-2-4-10(11)16/h2-4,7H,5-6H2,1H3,(H,18,21,22). The SMILES string of the molecule is Cc1cnc([N+](=O)[O-])n1CCOC(=O)NC(=O)c1c(F)cccc1F. The zero-order chi connectivity index (χ0) is 18.6. The Balaban J connectivity index is 1.93. The van der Waals surface area contributed by atoms with E-state index in [0.717, 1.165) is 18.2 Å². The molecular formula is C14H12F2N4O5. The number of aryl methyl sites for hydroxylation is 1. The van der Waals surface area contributed by atoms with Crippen molar-refractivity contribution in [2.45, 2.75) is 13.5 Å². The van der Waals surface area contributed by atoms with Crippen molar-refractivity contribution < 1.29 is 28.0 Å². The molecule has 2 aromatic rings. The van der Waals surface area contributed by atoms with Crippen LogP contribution in [-0.2, 0) is 11.3 Å². The Morgan fingerprint density at radius 2 is 2.00 bits per heavy atom. The molecule has 2 amide bonds. The molecule has 0 aliphatic heterocycles. The number of nitrogens with zero attached hydrogens (tertiary/aromatic N) is 3. The van der Waals surface area contributed by atoms with Gasteiger partial charge in [-0.05, 0) is 24.0 Å². The van der Waals surface area contributed by atoms with E-state index in [1.165, 1.54) is 10.8 Å². The van der Waals surface area contributed by atoms with Crippen molar-refractivity contribution in [2.24, 2.45) is 0 Å². The molecule has 0 fully saturated rings. The van der Waals surface area contributed by atoms with Gasteiger partial charge in [0.25, 0.3) is 5.91 Å². The van der Waals surface area contributed by atoms with Crippen LogP contribution < -0.4 is 5.32 Å². The van der Waals surface area contributed by atoms with E-state index in [2.05, 4.69) is 9.72 Å². The minimum Gasteiger partial charge on any atom is -0.446 e. The first-order chi connectivity index (χ1) is 11.8. The maximum Gasteiger partial charge on any atom is 0.434 e. The third kappa shape index (κ3) is 4.13. The fourth-order valence-corrected chi connectivity index (χ4v) is 2.01. The summed E-state index contributed by atoms with van der Waals surface area (Å²) in [7, 11) is 0. The topological polar surface area (TPSA) is 116 Å². The molecule has 0 aliphatic rings. The molecule has 1 aromatic carbocycles. The lowest BCUT2D eigenvalue weighted by Crippen LogP contribution is -2.33. The van der Waals surface area contributed by atoms with Gasteiger partial charge in [0.1, 0.15) is 42.2 Å². The lowest BCUT2D eigenvalue weighted by Gasteiger charge is -2.08. The first-order valence-electron chi connectivity index (χ1n) is 6.90. The van der Waals surface area contributed by atoms with Crippen molar-refractivity contribution in [2.75, 3.05) is 6.61 Å². The molecule has 0 radical (unpaired) electrons. The Morgan fingerprint density at radius 1 is 1.36 bits per heavy atom. The van der Waals surface area contributed by atoms with E-state index in [9.17, 15) is 28.5 Å². The number of aromatic nitrogens is 2. The van der Waals surface area contributed by atoms with E-state index in [-0.39, 0.29) is 13.2 Å². The zero-order valence-corrected chi connectivity index (χ0v) is 12.9. The maximum atomic E-state index is 13.4. The van der Waals surface area contributed by atoms with Gasteiger partial charge in [0, 0.05) is 0 Å². The van der Waals surface area contributed by atoms with E-state index in [1.807, 2.05) is 0 Å². The summed E-state index contributed by atoms with van der Waals surface area (Å²) in [5.74, 6) is -3.98. The summed E-state index contributed by atoms with van der Waals surface area (Å²) in [6, 6.07) is 2.80. The molecule has 2 rings (SSSR count). The van der Waals surface area contributed by atoms with Gasteiger partial charge >= 0.3 is 12.0 Å². The van der Waals surface area contributed by atoms with Crippen molar-refractivity contribution >= 4 is 17.9 Å². The molecule has 0 bridgehead atoms. The molecule has 11 heteroatoms. The lowest BCUT2D eigenvalue weighted by atomic mass is 10.2. The fraction of sp³-hybridized carbons (Fsp3) is 0.214. The number of hydrogen-bond acceptors (Lipinski definition) is 6. The number of ether oxygens (including phenoxy) is 1. The largest absolute Gasteiger partial charge is 0.446 e. The zero-order valence-electron chi connectivity index (χ0n) is 12.9. The summed E-state index contributed by atoms with van der Waals surface area (Å²) in [6.07, 6.45) is 0.0379. The Hall–Kier alpha value is -3.37. The highest BCUT2D eigenvalue weighted by molar-refractivity contribution is 6.03. The molecule has 1 aromatic heterocycles. The van der Waals surface area contributed by atoms with Gasteiger partial charge in [0.15, 0.2) is 0 Å². The summed E-state index contributed by atoms with van der Waals surface area (Å²) in [5.41, 5.74) is -0.444. The minimum atomic E-state index is -1.30. The molecule has 1 N–H and O–H groups in total. The van der Waals surface area contributed by atoms with Crippen LogP contribution in [0.25, 0.3) is 0 Å². The van der Waals surface area contributed by atoms with Crippen LogP contribution in [-0.4, -0.2) is 33.1 Å². The fourth-order valence-electron chi connectivity index (χ4n) is 2.01. The third-order valence-electron chi connectivity index (χ3n) is 3.15. The number of rotatable bonds is 5. The van der Waals surface area contributed by atoms with Crippen molar-refractivity contribution in [3.63, 3.8) is 0 Å². The number of carbonyl (C=O) groups excluding carboxylic acids is 2. The maximum absolute atomic E-state index is 13.4. The number of nitro groups is 1. The van der Waals surface area contributed by atoms with Crippen LogP contribution in [0.15, 0.2) is 24.4 Å². The molecule has 0 spiro atoms. The molecule has 132 valence electrons. The van der Waals surface area contributed by atoms with Crippen LogP contribution in [0.5, 0.6) is 0 Å². The number of nitrogens with one attached hydrogen (secondary N) is 1. The highest BCUT2D eigenvalue weighted by atomic mass is 19.1. The molecule has 9 nitrogen and oxygen atoms in total. The van der Waals surface area contributed by atoms with Gasteiger partial charge in [0.2, 0.25) is 0 Å². The molecule has 0 saturated carbocycles. The van der Waals surface area contributed by atoms with E-state index in [4.69, 9.17) is 0 Å². The van der Waals surface area contributed by atoms with Gasteiger partial charge in [-0.2, -0.15) is 0 Å². The average Bonchev–Trinajstić information content (AvgIpc) is 2.88. The highest BCUT2D eigenvalue weighted by Crippen LogP contribution is 2.13. The Labute approximate surface area is 139 Å². The third-order valence-corrected chi connectivity index (χ3v) is 3.15. The number of amides is 2. The van der Waals surface area contributed by atoms with Crippen LogP contribution >= 0.6 is 0 Å². The van der Waals surface area contributed by atoms with E-state index in [0.29, 0.717) is 5.69 Å². The van der Waals surface area contributed by atoms with Crippen molar-refractivity contribution in [1.29, 1.82) is 0 Å². The number of carbonyl (C=O) groups is 2. The minimum absolute atomic E-state index is 0.0855. The second-order valence-corrected chi connectivity index (χ2v) is 4.80. The normalized spacial score (nSPS) is 10.4. The molecule has 0 saturated heterocycles. The Morgan fingerprint density at radius 3 is 2.60 bits per heavy atom. The van der Waals surface area contributed by atoms with Crippen molar-refractivity contribution in [1.82, 2.24) is 14.9 Å². The number of imidazole rings is 1. The van der Waals surface area contributed by atoms with Crippen molar-refractivity contribution in [3.05, 3.63) is 57.4 Å². The number of hydrogen-bond donors (Lipinski definition) is 1. The summed E-state index contributed by atoms with van der Waals surface area (Å²) in [4.78, 5) is 36.9. The van der Waals surface area contributed by atoms with Gasteiger partial charge in [-0.25, -0.2) is 18.1 Å². The molecule has 0 aliphatic carbocycles. The van der Waals surface area contributed by atoms with Gasteiger partial charge in [-0.3, -0.25) is 10.1 Å². The number of imide groups is 1. The van der Waals surface area contributed by atoms with E-state index in [1.54, 1.807) is 12.2 Å².